The first-order valence-electron chi connectivity index (χ1n) is 11.8. The number of hydrogen-bond acceptors (Lipinski definition) is 6. The smallest absolute Gasteiger partial charge is 0.293 e. The van der Waals surface area contributed by atoms with Crippen LogP contribution in [0.3, 0.4) is 0 Å². The fourth-order valence-electron chi connectivity index (χ4n) is 4.20. The van der Waals surface area contributed by atoms with E-state index in [0.717, 1.165) is 49.5 Å². The van der Waals surface area contributed by atoms with Gasteiger partial charge in [-0.25, -0.2) is 4.98 Å². The molecule has 0 radical (unpaired) electrons. The molecule has 1 atom stereocenters. The van der Waals surface area contributed by atoms with E-state index in [9.17, 15) is 15.0 Å². The summed E-state index contributed by atoms with van der Waals surface area (Å²) >= 11 is 0. The Hall–Kier alpha value is -3.44. The minimum absolute atomic E-state index is 0.223. The van der Waals surface area contributed by atoms with Gasteiger partial charge in [0.15, 0.2) is 0 Å². The molecule has 0 aliphatic carbocycles. The molecule has 1 unspecified atom stereocenters. The zero-order valence-electron chi connectivity index (χ0n) is 20.1. The number of aliphatic hydroxyl groups is 1. The molecule has 7 heteroatoms. The normalized spacial score (nSPS) is 15.3. The Morgan fingerprint density at radius 3 is 2.26 bits per heavy atom. The molecule has 0 spiro atoms. The molecule has 0 saturated carbocycles. The third-order valence-electron chi connectivity index (χ3n) is 6.28. The van der Waals surface area contributed by atoms with Gasteiger partial charge in [0.2, 0.25) is 5.75 Å². The van der Waals surface area contributed by atoms with Crippen molar-refractivity contribution < 1.29 is 14.9 Å². The molecule has 1 saturated heterocycles. The molecule has 4 rings (SSSR count). The highest BCUT2D eigenvalue weighted by Gasteiger charge is 2.30. The van der Waals surface area contributed by atoms with Gasteiger partial charge >= 0.3 is 0 Å². The Bertz CT molecular complexity index is 1240. The molecule has 3 N–H and O–H groups in total. The molecule has 1 aliphatic heterocycles. The van der Waals surface area contributed by atoms with E-state index in [1.54, 1.807) is 13.8 Å². The molecule has 7 nitrogen and oxygen atoms in total. The molecular formula is C28H31N3O4. The number of aromatic amines is 1. The molecule has 0 amide bonds. The van der Waals surface area contributed by atoms with Crippen molar-refractivity contribution in [2.75, 3.05) is 26.3 Å². The molecule has 1 aliphatic rings. The average Bonchev–Trinajstić information content (AvgIpc) is 2.85. The van der Waals surface area contributed by atoms with Crippen molar-refractivity contribution in [2.45, 2.75) is 38.3 Å². The first-order valence-corrected chi connectivity index (χ1v) is 11.8. The Labute approximate surface area is 205 Å². The number of aromatic hydroxyl groups is 1. The maximum Gasteiger partial charge on any atom is 0.293 e. The lowest BCUT2D eigenvalue weighted by Gasteiger charge is -2.29. The molecule has 182 valence electrons. The number of benzene rings is 2. The summed E-state index contributed by atoms with van der Waals surface area (Å²) in [4.78, 5) is 20.5. The highest BCUT2D eigenvalue weighted by atomic mass is 16.5. The van der Waals surface area contributed by atoms with Crippen LogP contribution in [-0.2, 0) is 17.7 Å². The SMILES string of the molecule is CC(C)(O)C(Cc1nc[nH]c(=O)c1O)c1ccc(C#Cc2ccc(CN3CCOCC3)cc2)cc1. The van der Waals surface area contributed by atoms with Crippen LogP contribution in [0.15, 0.2) is 59.7 Å². The second-order valence-electron chi connectivity index (χ2n) is 9.39. The standard InChI is InChI=1S/C28H31N3O4/c1-28(2,34)24(17-25-26(32)27(33)30-19-29-25)23-11-9-21(10-12-23)4-3-20-5-7-22(8-6-20)18-31-13-15-35-16-14-31/h5-12,19,24,32,34H,13-18H2,1-2H3,(H,29,30,33). The van der Waals surface area contributed by atoms with Crippen LogP contribution in [-0.4, -0.2) is 57.0 Å². The number of nitrogens with zero attached hydrogens (tertiary/aromatic N) is 2. The van der Waals surface area contributed by atoms with Crippen LogP contribution in [0.5, 0.6) is 5.75 Å². The zero-order valence-corrected chi connectivity index (χ0v) is 20.1. The summed E-state index contributed by atoms with van der Waals surface area (Å²) < 4.78 is 5.41. The van der Waals surface area contributed by atoms with Crippen molar-refractivity contribution in [1.82, 2.24) is 14.9 Å². The van der Waals surface area contributed by atoms with Crippen LogP contribution < -0.4 is 5.56 Å². The first kappa shape index (κ1) is 24.7. The van der Waals surface area contributed by atoms with Crippen LogP contribution in [0.25, 0.3) is 0 Å². The van der Waals surface area contributed by atoms with E-state index in [1.807, 2.05) is 36.4 Å². The maximum absolute atomic E-state index is 11.7. The molecule has 1 fully saturated rings. The van der Waals surface area contributed by atoms with Crippen molar-refractivity contribution in [3.63, 3.8) is 0 Å². The number of hydrogen-bond donors (Lipinski definition) is 3. The molecule has 3 aromatic rings. The second kappa shape index (κ2) is 10.9. The number of H-pyrrole nitrogens is 1. The van der Waals surface area contributed by atoms with Gasteiger partial charge in [-0.15, -0.1) is 0 Å². The van der Waals surface area contributed by atoms with E-state index in [0.29, 0.717) is 0 Å². The van der Waals surface area contributed by atoms with Gasteiger partial charge in [0.05, 0.1) is 30.8 Å². The van der Waals surface area contributed by atoms with Crippen LogP contribution in [0, 0.1) is 11.8 Å². The molecule has 0 bridgehead atoms. The van der Waals surface area contributed by atoms with Gasteiger partial charge in [-0.1, -0.05) is 36.1 Å². The third-order valence-corrected chi connectivity index (χ3v) is 6.28. The molecule has 1 aromatic heterocycles. The number of morpholine rings is 1. The maximum atomic E-state index is 11.7. The lowest BCUT2D eigenvalue weighted by atomic mass is 9.81. The fraction of sp³-hybridized carbons (Fsp3) is 0.357. The van der Waals surface area contributed by atoms with Gasteiger partial charge in [0.25, 0.3) is 5.56 Å². The van der Waals surface area contributed by atoms with Gasteiger partial charge in [-0.3, -0.25) is 9.69 Å². The molecular weight excluding hydrogens is 442 g/mol. The van der Waals surface area contributed by atoms with Crippen molar-refractivity contribution in [2.24, 2.45) is 0 Å². The number of rotatable bonds is 6. The zero-order chi connectivity index (χ0) is 24.8. The van der Waals surface area contributed by atoms with E-state index >= 15 is 0 Å². The van der Waals surface area contributed by atoms with E-state index in [-0.39, 0.29) is 18.0 Å². The highest BCUT2D eigenvalue weighted by molar-refractivity contribution is 5.44. The number of aromatic nitrogens is 2. The van der Waals surface area contributed by atoms with Crippen molar-refractivity contribution >= 4 is 0 Å². The number of nitrogens with one attached hydrogen (secondary N) is 1. The van der Waals surface area contributed by atoms with Gasteiger partial charge in [0, 0.05) is 43.1 Å². The summed E-state index contributed by atoms with van der Waals surface area (Å²) in [5, 5.41) is 20.8. The molecule has 2 aromatic carbocycles. The summed E-state index contributed by atoms with van der Waals surface area (Å²) in [5.74, 6) is 5.62. The topological polar surface area (TPSA) is 98.7 Å². The van der Waals surface area contributed by atoms with E-state index in [1.165, 1.54) is 11.9 Å². The van der Waals surface area contributed by atoms with Crippen molar-refractivity contribution in [3.8, 4) is 17.6 Å². The Balaban J connectivity index is 1.45. The van der Waals surface area contributed by atoms with E-state index in [4.69, 9.17) is 4.74 Å². The second-order valence-corrected chi connectivity index (χ2v) is 9.39. The van der Waals surface area contributed by atoms with Crippen molar-refractivity contribution in [3.05, 3.63) is 93.2 Å². The minimum Gasteiger partial charge on any atom is -0.502 e. The van der Waals surface area contributed by atoms with Gasteiger partial charge in [-0.05, 0) is 49.2 Å². The largest absolute Gasteiger partial charge is 0.502 e. The predicted octanol–water partition coefficient (Wildman–Crippen LogP) is 2.80. The summed E-state index contributed by atoms with van der Waals surface area (Å²) in [5.41, 5.74) is 2.51. The number of ether oxygens (including phenoxy) is 1. The predicted molar refractivity (Wildman–Crippen MR) is 134 cm³/mol. The Morgan fingerprint density at radius 2 is 1.66 bits per heavy atom. The van der Waals surface area contributed by atoms with Gasteiger partial charge in [-0.2, -0.15) is 0 Å². The van der Waals surface area contributed by atoms with Gasteiger partial charge in [0.1, 0.15) is 0 Å². The van der Waals surface area contributed by atoms with Crippen LogP contribution >= 0.6 is 0 Å². The lowest BCUT2D eigenvalue weighted by Crippen LogP contribution is -2.35. The van der Waals surface area contributed by atoms with Crippen molar-refractivity contribution in [1.29, 1.82) is 0 Å². The highest BCUT2D eigenvalue weighted by Crippen LogP contribution is 2.32. The van der Waals surface area contributed by atoms with E-state index in [2.05, 4.69) is 38.8 Å². The van der Waals surface area contributed by atoms with E-state index < -0.39 is 16.9 Å². The summed E-state index contributed by atoms with van der Waals surface area (Å²) in [6.45, 7) is 7.86. The molecule has 35 heavy (non-hydrogen) atoms. The third kappa shape index (κ3) is 6.58. The molecule has 2 heterocycles. The average molecular weight is 474 g/mol. The Morgan fingerprint density at radius 1 is 1.06 bits per heavy atom. The summed E-state index contributed by atoms with van der Waals surface area (Å²) in [6.07, 6.45) is 1.48. The summed E-state index contributed by atoms with van der Waals surface area (Å²) in [6, 6.07) is 16.0. The Kier molecular flexibility index (Phi) is 7.67. The van der Waals surface area contributed by atoms with Crippen LogP contribution in [0.4, 0.5) is 0 Å². The summed E-state index contributed by atoms with van der Waals surface area (Å²) in [7, 11) is 0. The fourth-order valence-corrected chi connectivity index (χ4v) is 4.20. The first-order chi connectivity index (χ1) is 16.8. The minimum atomic E-state index is -1.09. The lowest BCUT2D eigenvalue weighted by molar-refractivity contribution is 0.0342. The monoisotopic (exact) mass is 473 g/mol. The van der Waals surface area contributed by atoms with Crippen LogP contribution in [0.1, 0.15) is 47.7 Å². The van der Waals surface area contributed by atoms with Crippen LogP contribution in [0.2, 0.25) is 0 Å². The quantitative estimate of drug-likeness (QED) is 0.476. The van der Waals surface area contributed by atoms with Gasteiger partial charge < -0.3 is 19.9 Å².